The molecule has 0 bridgehead atoms. The van der Waals surface area contributed by atoms with E-state index in [0.717, 1.165) is 10.9 Å². The second-order valence-electron chi connectivity index (χ2n) is 7.58. The number of aromatic nitrogens is 1. The number of rotatable bonds is 5. The van der Waals surface area contributed by atoms with Crippen LogP contribution in [0.3, 0.4) is 0 Å². The zero-order valence-electron chi connectivity index (χ0n) is 16.6. The number of nitrogens with zero attached hydrogens (tertiary/aromatic N) is 1. The molecule has 0 unspecified atom stereocenters. The molecule has 1 aromatic heterocycles. The molecule has 1 N–H and O–H groups in total. The van der Waals surface area contributed by atoms with E-state index in [0.29, 0.717) is 17.6 Å². The van der Waals surface area contributed by atoms with Crippen molar-refractivity contribution in [3.05, 3.63) is 65.9 Å². The third-order valence-electron chi connectivity index (χ3n) is 5.45. The summed E-state index contributed by atoms with van der Waals surface area (Å²) in [4.78, 5) is 12.7. The van der Waals surface area contributed by atoms with Gasteiger partial charge in [0.25, 0.3) is 10.0 Å². The van der Waals surface area contributed by atoms with E-state index in [9.17, 15) is 13.2 Å². The predicted molar refractivity (Wildman–Crippen MR) is 111 cm³/mol. The Morgan fingerprint density at radius 3 is 2.41 bits per heavy atom. The van der Waals surface area contributed by atoms with Crippen LogP contribution in [0, 0.1) is 5.92 Å². The maximum Gasteiger partial charge on any atom is 0.268 e. The summed E-state index contributed by atoms with van der Waals surface area (Å²) < 4.78 is 34.1. The van der Waals surface area contributed by atoms with Crippen LogP contribution in [0.5, 0.6) is 0 Å². The van der Waals surface area contributed by atoms with Gasteiger partial charge in [-0.15, -0.1) is 0 Å². The molecule has 0 spiro atoms. The van der Waals surface area contributed by atoms with Gasteiger partial charge in [0.15, 0.2) is 0 Å². The highest BCUT2D eigenvalue weighted by molar-refractivity contribution is 7.90. The van der Waals surface area contributed by atoms with Crippen molar-refractivity contribution in [2.75, 3.05) is 7.11 Å². The summed E-state index contributed by atoms with van der Waals surface area (Å²) in [6, 6.07) is 15.4. The Hall–Kier alpha value is -2.64. The van der Waals surface area contributed by atoms with Crippen molar-refractivity contribution < 1.29 is 17.9 Å². The van der Waals surface area contributed by atoms with Gasteiger partial charge in [-0.05, 0) is 18.2 Å². The van der Waals surface area contributed by atoms with Crippen molar-refractivity contribution >= 4 is 26.8 Å². The number of amides is 1. The molecule has 1 heterocycles. The van der Waals surface area contributed by atoms with Gasteiger partial charge in [0, 0.05) is 36.1 Å². The van der Waals surface area contributed by atoms with Crippen molar-refractivity contribution in [2.45, 2.75) is 37.3 Å². The van der Waals surface area contributed by atoms with Gasteiger partial charge in [0.05, 0.1) is 22.6 Å². The Bertz CT molecular complexity index is 1170. The van der Waals surface area contributed by atoms with Crippen LogP contribution in [-0.2, 0) is 26.0 Å². The van der Waals surface area contributed by atoms with Crippen LogP contribution in [0.25, 0.3) is 10.9 Å². The fourth-order valence-corrected chi connectivity index (χ4v) is 5.59. The molecule has 0 aliphatic heterocycles. The predicted octanol–water partition coefficient (Wildman–Crippen LogP) is 3.26. The van der Waals surface area contributed by atoms with E-state index in [4.69, 9.17) is 4.74 Å². The summed E-state index contributed by atoms with van der Waals surface area (Å²) >= 11 is 0. The average molecular weight is 413 g/mol. The van der Waals surface area contributed by atoms with Gasteiger partial charge in [-0.3, -0.25) is 4.79 Å². The molecule has 2 aromatic carbocycles. The quantitative estimate of drug-likeness (QED) is 0.698. The number of para-hydroxylation sites is 1. The highest BCUT2D eigenvalue weighted by Crippen LogP contribution is 2.42. The number of carbonyl (C=O) groups is 1. The number of benzene rings is 2. The highest BCUT2D eigenvalue weighted by Gasteiger charge is 2.41. The topological polar surface area (TPSA) is 77.4 Å². The normalized spacial score (nSPS) is 18.9. The molecule has 0 fully saturated rings. The SMILES string of the molecule is CO[C@@H]1Cc2c(c3ccccc3n2S(=O)(=O)c2ccccc2)[C@H]1NC(=O)C(C)C. The van der Waals surface area contributed by atoms with Crippen LogP contribution < -0.4 is 5.32 Å². The van der Waals surface area contributed by atoms with Crippen LogP contribution in [0.4, 0.5) is 0 Å². The van der Waals surface area contributed by atoms with Gasteiger partial charge in [0.1, 0.15) is 0 Å². The molecule has 4 rings (SSSR count). The lowest BCUT2D eigenvalue weighted by Gasteiger charge is -2.22. The number of ether oxygens (including phenoxy) is 1. The fourth-order valence-electron chi connectivity index (χ4n) is 4.00. The van der Waals surface area contributed by atoms with E-state index in [1.807, 2.05) is 32.0 Å². The fraction of sp³-hybridized carbons (Fsp3) is 0.318. The smallest absolute Gasteiger partial charge is 0.268 e. The highest BCUT2D eigenvalue weighted by atomic mass is 32.2. The Balaban J connectivity index is 1.95. The second kappa shape index (κ2) is 7.31. The summed E-state index contributed by atoms with van der Waals surface area (Å²) in [5, 5.41) is 3.88. The molecular formula is C22H24N2O4S. The largest absolute Gasteiger partial charge is 0.379 e. The first-order valence-corrected chi connectivity index (χ1v) is 11.1. The Kier molecular flexibility index (Phi) is 4.96. The van der Waals surface area contributed by atoms with E-state index in [1.165, 1.54) is 3.97 Å². The van der Waals surface area contributed by atoms with Gasteiger partial charge >= 0.3 is 0 Å². The first-order valence-electron chi connectivity index (χ1n) is 9.62. The minimum Gasteiger partial charge on any atom is -0.379 e. The van der Waals surface area contributed by atoms with Crippen LogP contribution >= 0.6 is 0 Å². The van der Waals surface area contributed by atoms with Crippen molar-refractivity contribution in [3.63, 3.8) is 0 Å². The molecule has 1 aliphatic rings. The number of carbonyl (C=O) groups excluding carboxylic acids is 1. The van der Waals surface area contributed by atoms with Crippen molar-refractivity contribution in [1.29, 1.82) is 0 Å². The number of hydrogen-bond acceptors (Lipinski definition) is 4. The molecule has 7 heteroatoms. The molecule has 0 radical (unpaired) electrons. The van der Waals surface area contributed by atoms with E-state index in [1.54, 1.807) is 43.5 Å². The molecule has 152 valence electrons. The summed E-state index contributed by atoms with van der Waals surface area (Å²) in [7, 11) is -2.21. The van der Waals surface area contributed by atoms with Gasteiger partial charge < -0.3 is 10.1 Å². The maximum atomic E-state index is 13.5. The minimum atomic E-state index is -3.80. The van der Waals surface area contributed by atoms with Crippen LogP contribution in [0.15, 0.2) is 59.5 Å². The van der Waals surface area contributed by atoms with Crippen LogP contribution in [0.1, 0.15) is 31.1 Å². The average Bonchev–Trinajstić information content (AvgIpc) is 3.23. The summed E-state index contributed by atoms with van der Waals surface area (Å²) in [5.74, 6) is -0.273. The third kappa shape index (κ3) is 3.14. The lowest BCUT2D eigenvalue weighted by atomic mass is 10.0. The summed E-state index contributed by atoms with van der Waals surface area (Å²) in [6.45, 7) is 3.66. The van der Waals surface area contributed by atoms with Crippen molar-refractivity contribution in [1.82, 2.24) is 9.29 Å². The summed E-state index contributed by atoms with van der Waals surface area (Å²) in [5.41, 5.74) is 2.09. The van der Waals surface area contributed by atoms with Gasteiger partial charge in [-0.1, -0.05) is 50.2 Å². The van der Waals surface area contributed by atoms with Crippen LogP contribution in [0.2, 0.25) is 0 Å². The molecule has 2 atom stereocenters. The van der Waals surface area contributed by atoms with Gasteiger partial charge in [-0.25, -0.2) is 12.4 Å². The number of fused-ring (bicyclic) bond motifs is 3. The zero-order chi connectivity index (χ0) is 20.8. The summed E-state index contributed by atoms with van der Waals surface area (Å²) in [6.07, 6.45) is 0.0693. The van der Waals surface area contributed by atoms with E-state index in [-0.39, 0.29) is 22.8 Å². The van der Waals surface area contributed by atoms with E-state index < -0.39 is 16.1 Å². The molecular weight excluding hydrogens is 388 g/mol. The molecule has 1 aliphatic carbocycles. The van der Waals surface area contributed by atoms with Crippen LogP contribution in [-0.4, -0.2) is 31.5 Å². The van der Waals surface area contributed by atoms with Gasteiger partial charge in [0.2, 0.25) is 5.91 Å². The first kappa shape index (κ1) is 19.7. The molecule has 0 saturated carbocycles. The third-order valence-corrected chi connectivity index (χ3v) is 7.22. The molecule has 6 nitrogen and oxygen atoms in total. The maximum absolute atomic E-state index is 13.5. The second-order valence-corrected chi connectivity index (χ2v) is 9.37. The Labute approximate surface area is 170 Å². The minimum absolute atomic E-state index is 0.0901. The lowest BCUT2D eigenvalue weighted by molar-refractivity contribution is -0.125. The number of nitrogens with one attached hydrogen (secondary N) is 1. The zero-order valence-corrected chi connectivity index (χ0v) is 17.4. The monoisotopic (exact) mass is 412 g/mol. The van der Waals surface area contributed by atoms with Crippen molar-refractivity contribution in [3.8, 4) is 0 Å². The number of hydrogen-bond donors (Lipinski definition) is 1. The Morgan fingerprint density at radius 1 is 1.10 bits per heavy atom. The van der Waals surface area contributed by atoms with Gasteiger partial charge in [-0.2, -0.15) is 0 Å². The molecule has 29 heavy (non-hydrogen) atoms. The van der Waals surface area contributed by atoms with E-state index >= 15 is 0 Å². The Morgan fingerprint density at radius 2 is 1.76 bits per heavy atom. The van der Waals surface area contributed by atoms with E-state index in [2.05, 4.69) is 5.32 Å². The van der Waals surface area contributed by atoms with Crippen molar-refractivity contribution in [2.24, 2.45) is 5.92 Å². The molecule has 1 amide bonds. The molecule has 0 saturated heterocycles. The molecule has 3 aromatic rings. The lowest BCUT2D eigenvalue weighted by Crippen LogP contribution is -2.37. The number of methoxy groups -OCH3 is 1. The first-order chi connectivity index (χ1) is 13.9. The standard InChI is InChI=1S/C22H24N2O4S/c1-14(2)22(25)23-21-19(28-3)13-18-20(21)16-11-7-8-12-17(16)24(18)29(26,27)15-9-5-4-6-10-15/h4-12,14,19,21H,13H2,1-3H3,(H,23,25)/t19-,21+/m1/s1.